The Balaban J connectivity index is 2.15. The molecule has 0 fully saturated rings. The third-order valence-corrected chi connectivity index (χ3v) is 3.11. The van der Waals surface area contributed by atoms with E-state index in [9.17, 15) is 9.59 Å². The molecule has 0 saturated heterocycles. The summed E-state index contributed by atoms with van der Waals surface area (Å²) >= 11 is 0. The molecule has 1 rings (SSSR count). The van der Waals surface area contributed by atoms with Gasteiger partial charge in [-0.25, -0.2) is 0 Å². The SMILES string of the molecule is CCCCCCCCC(=O)C1C=CC=CC1=O. The highest BCUT2D eigenvalue weighted by Crippen LogP contribution is 2.14. The minimum atomic E-state index is -0.504. The zero-order chi connectivity index (χ0) is 12.5. The van der Waals surface area contributed by atoms with Gasteiger partial charge in [0, 0.05) is 6.42 Å². The Kier molecular flexibility index (Phi) is 6.53. The fraction of sp³-hybridized carbons (Fsp3) is 0.600. The Morgan fingerprint density at radius 3 is 2.53 bits per heavy atom. The number of allylic oxidation sites excluding steroid dienone is 4. The molecule has 0 radical (unpaired) electrons. The first kappa shape index (κ1) is 13.9. The summed E-state index contributed by atoms with van der Waals surface area (Å²) in [6.45, 7) is 2.19. The second-order valence-corrected chi connectivity index (χ2v) is 4.61. The van der Waals surface area contributed by atoms with Crippen LogP contribution in [0, 0.1) is 5.92 Å². The molecule has 0 spiro atoms. The van der Waals surface area contributed by atoms with Crippen LogP contribution in [0.2, 0.25) is 0 Å². The predicted octanol–water partition coefficient (Wildman–Crippen LogP) is 3.62. The molecule has 2 heteroatoms. The maximum absolute atomic E-state index is 11.8. The summed E-state index contributed by atoms with van der Waals surface area (Å²) in [6, 6.07) is 0. The molecule has 0 heterocycles. The average molecular weight is 234 g/mol. The molecular formula is C15H22O2. The quantitative estimate of drug-likeness (QED) is 0.475. The van der Waals surface area contributed by atoms with Crippen molar-refractivity contribution in [2.75, 3.05) is 0 Å². The first-order valence-electron chi connectivity index (χ1n) is 6.67. The van der Waals surface area contributed by atoms with Gasteiger partial charge < -0.3 is 0 Å². The van der Waals surface area contributed by atoms with Gasteiger partial charge in [-0.2, -0.15) is 0 Å². The van der Waals surface area contributed by atoms with Crippen LogP contribution in [-0.4, -0.2) is 11.6 Å². The minimum Gasteiger partial charge on any atom is -0.299 e. The fourth-order valence-corrected chi connectivity index (χ4v) is 2.03. The highest BCUT2D eigenvalue weighted by molar-refractivity contribution is 6.09. The molecule has 0 bridgehead atoms. The molecule has 0 saturated carbocycles. The lowest BCUT2D eigenvalue weighted by molar-refractivity contribution is -0.128. The van der Waals surface area contributed by atoms with Gasteiger partial charge in [-0.3, -0.25) is 9.59 Å². The summed E-state index contributed by atoms with van der Waals surface area (Å²) < 4.78 is 0. The Labute approximate surface area is 104 Å². The molecule has 0 aliphatic heterocycles. The average Bonchev–Trinajstić information content (AvgIpc) is 2.34. The summed E-state index contributed by atoms with van der Waals surface area (Å²) in [5.74, 6) is -0.495. The van der Waals surface area contributed by atoms with Gasteiger partial charge in [0.15, 0.2) is 5.78 Å². The second kappa shape index (κ2) is 7.99. The van der Waals surface area contributed by atoms with Crippen molar-refractivity contribution in [1.29, 1.82) is 0 Å². The van der Waals surface area contributed by atoms with E-state index in [0.717, 1.165) is 12.8 Å². The predicted molar refractivity (Wildman–Crippen MR) is 69.8 cm³/mol. The first-order valence-corrected chi connectivity index (χ1v) is 6.67. The van der Waals surface area contributed by atoms with E-state index in [4.69, 9.17) is 0 Å². The van der Waals surface area contributed by atoms with Gasteiger partial charge in [-0.1, -0.05) is 57.3 Å². The van der Waals surface area contributed by atoms with Crippen molar-refractivity contribution in [3.05, 3.63) is 24.3 Å². The van der Waals surface area contributed by atoms with E-state index in [0.29, 0.717) is 6.42 Å². The van der Waals surface area contributed by atoms with Gasteiger partial charge in [0.25, 0.3) is 0 Å². The van der Waals surface area contributed by atoms with Crippen molar-refractivity contribution in [1.82, 2.24) is 0 Å². The van der Waals surface area contributed by atoms with E-state index in [1.807, 2.05) is 0 Å². The molecule has 0 aromatic rings. The number of ketones is 2. The van der Waals surface area contributed by atoms with Crippen LogP contribution in [0.4, 0.5) is 0 Å². The Morgan fingerprint density at radius 2 is 1.82 bits per heavy atom. The number of carbonyl (C=O) groups excluding carboxylic acids is 2. The molecular weight excluding hydrogens is 212 g/mol. The van der Waals surface area contributed by atoms with Crippen LogP contribution >= 0.6 is 0 Å². The van der Waals surface area contributed by atoms with E-state index in [1.54, 1.807) is 18.2 Å². The van der Waals surface area contributed by atoms with E-state index in [1.165, 1.54) is 31.8 Å². The summed E-state index contributed by atoms with van der Waals surface area (Å²) in [5, 5.41) is 0. The molecule has 0 N–H and O–H groups in total. The van der Waals surface area contributed by atoms with Gasteiger partial charge in [0.2, 0.25) is 0 Å². The van der Waals surface area contributed by atoms with E-state index >= 15 is 0 Å². The molecule has 0 aromatic carbocycles. The first-order chi connectivity index (χ1) is 8.25. The topological polar surface area (TPSA) is 34.1 Å². The number of unbranched alkanes of at least 4 members (excludes halogenated alkanes) is 5. The van der Waals surface area contributed by atoms with Gasteiger partial charge in [-0.15, -0.1) is 0 Å². The minimum absolute atomic E-state index is 0.0662. The Bertz CT molecular complexity index is 313. The molecule has 1 aliphatic rings. The molecule has 17 heavy (non-hydrogen) atoms. The molecule has 0 aromatic heterocycles. The number of carbonyl (C=O) groups is 2. The van der Waals surface area contributed by atoms with E-state index in [-0.39, 0.29) is 11.6 Å². The number of Topliss-reactive ketones (excluding diaryl/α,β-unsaturated/α-hetero) is 1. The zero-order valence-corrected chi connectivity index (χ0v) is 10.7. The lowest BCUT2D eigenvalue weighted by Gasteiger charge is -2.10. The Hall–Kier alpha value is -1.18. The monoisotopic (exact) mass is 234 g/mol. The van der Waals surface area contributed by atoms with Crippen molar-refractivity contribution in [3.8, 4) is 0 Å². The van der Waals surface area contributed by atoms with Crippen molar-refractivity contribution in [2.24, 2.45) is 5.92 Å². The van der Waals surface area contributed by atoms with E-state index in [2.05, 4.69) is 6.92 Å². The maximum Gasteiger partial charge on any atom is 0.169 e. The van der Waals surface area contributed by atoms with Gasteiger partial charge in [0.1, 0.15) is 5.78 Å². The van der Waals surface area contributed by atoms with Crippen LogP contribution in [0.25, 0.3) is 0 Å². The standard InChI is InChI=1S/C15H22O2/c1-2-3-4-5-6-7-11-14(16)13-10-8-9-12-15(13)17/h8-10,12-13H,2-7,11H2,1H3. The van der Waals surface area contributed by atoms with Crippen LogP contribution in [0.1, 0.15) is 51.9 Å². The highest BCUT2D eigenvalue weighted by Gasteiger charge is 2.22. The number of rotatable bonds is 8. The van der Waals surface area contributed by atoms with Crippen LogP contribution in [0.15, 0.2) is 24.3 Å². The van der Waals surface area contributed by atoms with Crippen LogP contribution < -0.4 is 0 Å². The largest absolute Gasteiger partial charge is 0.299 e. The summed E-state index contributed by atoms with van der Waals surface area (Å²) in [6.07, 6.45) is 14.2. The van der Waals surface area contributed by atoms with Crippen LogP contribution in [0.3, 0.4) is 0 Å². The second-order valence-electron chi connectivity index (χ2n) is 4.61. The third-order valence-electron chi connectivity index (χ3n) is 3.11. The Morgan fingerprint density at radius 1 is 1.12 bits per heavy atom. The lowest BCUT2D eigenvalue weighted by Crippen LogP contribution is -2.21. The molecule has 1 atom stereocenters. The molecule has 1 unspecified atom stereocenters. The lowest BCUT2D eigenvalue weighted by atomic mass is 9.92. The van der Waals surface area contributed by atoms with Gasteiger partial charge in [0.05, 0.1) is 5.92 Å². The molecule has 94 valence electrons. The third kappa shape index (κ3) is 5.12. The smallest absolute Gasteiger partial charge is 0.169 e. The highest BCUT2D eigenvalue weighted by atomic mass is 16.1. The molecule has 2 nitrogen and oxygen atoms in total. The maximum atomic E-state index is 11.8. The van der Waals surface area contributed by atoms with Crippen LogP contribution in [-0.2, 0) is 9.59 Å². The fourth-order valence-electron chi connectivity index (χ4n) is 2.03. The van der Waals surface area contributed by atoms with Crippen molar-refractivity contribution in [2.45, 2.75) is 51.9 Å². The van der Waals surface area contributed by atoms with Gasteiger partial charge >= 0.3 is 0 Å². The molecule has 1 aliphatic carbocycles. The van der Waals surface area contributed by atoms with Crippen LogP contribution in [0.5, 0.6) is 0 Å². The van der Waals surface area contributed by atoms with E-state index < -0.39 is 5.92 Å². The summed E-state index contributed by atoms with van der Waals surface area (Å²) in [4.78, 5) is 23.2. The zero-order valence-electron chi connectivity index (χ0n) is 10.7. The van der Waals surface area contributed by atoms with Gasteiger partial charge in [-0.05, 0) is 12.5 Å². The molecule has 0 amide bonds. The van der Waals surface area contributed by atoms with Crippen molar-refractivity contribution < 1.29 is 9.59 Å². The summed E-state index contributed by atoms with van der Waals surface area (Å²) in [5.41, 5.74) is 0. The number of hydrogen-bond donors (Lipinski definition) is 0. The van der Waals surface area contributed by atoms with Crippen molar-refractivity contribution in [3.63, 3.8) is 0 Å². The van der Waals surface area contributed by atoms with Crippen molar-refractivity contribution >= 4 is 11.6 Å². The summed E-state index contributed by atoms with van der Waals surface area (Å²) in [7, 11) is 0. The normalized spacial score (nSPS) is 18.6. The number of hydrogen-bond acceptors (Lipinski definition) is 2.